The number of hydrogen-bond acceptors (Lipinski definition) is 4. The zero-order chi connectivity index (χ0) is 14.3. The van der Waals surface area contributed by atoms with Gasteiger partial charge in [0.1, 0.15) is 0 Å². The first kappa shape index (κ1) is 15.5. The summed E-state index contributed by atoms with van der Waals surface area (Å²) in [5, 5.41) is 9.63. The maximum atomic E-state index is 11.9. The second-order valence-electron chi connectivity index (χ2n) is 4.92. The SMILES string of the molecule is COc1ccc(C(=O)CCCCCN(C)C)cc1O. The Hall–Kier alpha value is -1.55. The van der Waals surface area contributed by atoms with Crippen molar-refractivity contribution >= 4 is 5.78 Å². The van der Waals surface area contributed by atoms with E-state index in [9.17, 15) is 9.90 Å². The van der Waals surface area contributed by atoms with Crippen molar-refractivity contribution in [1.29, 1.82) is 0 Å². The minimum absolute atomic E-state index is 0.0148. The van der Waals surface area contributed by atoms with Crippen molar-refractivity contribution in [3.8, 4) is 11.5 Å². The van der Waals surface area contributed by atoms with Gasteiger partial charge in [0.05, 0.1) is 7.11 Å². The summed E-state index contributed by atoms with van der Waals surface area (Å²) < 4.78 is 4.95. The number of hydrogen-bond donors (Lipinski definition) is 1. The van der Waals surface area contributed by atoms with Gasteiger partial charge in [0, 0.05) is 12.0 Å². The third-order valence-electron chi connectivity index (χ3n) is 3.01. The molecule has 19 heavy (non-hydrogen) atoms. The molecule has 4 heteroatoms. The number of carbonyl (C=O) groups excluding carboxylic acids is 1. The second kappa shape index (κ2) is 7.79. The predicted molar refractivity (Wildman–Crippen MR) is 76.0 cm³/mol. The highest BCUT2D eigenvalue weighted by atomic mass is 16.5. The zero-order valence-electron chi connectivity index (χ0n) is 12.0. The molecule has 0 unspecified atom stereocenters. The van der Waals surface area contributed by atoms with E-state index in [0.717, 1.165) is 25.8 Å². The summed E-state index contributed by atoms with van der Waals surface area (Å²) in [6, 6.07) is 4.79. The van der Waals surface area contributed by atoms with Crippen molar-refractivity contribution < 1.29 is 14.6 Å². The van der Waals surface area contributed by atoms with E-state index in [1.54, 1.807) is 12.1 Å². The Morgan fingerprint density at radius 1 is 1.26 bits per heavy atom. The summed E-state index contributed by atoms with van der Waals surface area (Å²) in [5.74, 6) is 0.478. The second-order valence-corrected chi connectivity index (χ2v) is 4.92. The molecule has 0 aliphatic heterocycles. The third kappa shape index (κ3) is 5.30. The molecule has 1 aromatic carbocycles. The van der Waals surface area contributed by atoms with Crippen LogP contribution in [0.4, 0.5) is 0 Å². The van der Waals surface area contributed by atoms with E-state index in [1.807, 2.05) is 14.1 Å². The summed E-state index contributed by atoms with van der Waals surface area (Å²) in [6.07, 6.45) is 3.57. The highest BCUT2D eigenvalue weighted by Crippen LogP contribution is 2.26. The number of rotatable bonds is 8. The molecule has 1 aromatic rings. The number of nitrogens with zero attached hydrogens (tertiary/aromatic N) is 1. The molecule has 0 amide bonds. The largest absolute Gasteiger partial charge is 0.504 e. The minimum atomic E-state index is 0.0148. The molecular formula is C15H23NO3. The lowest BCUT2D eigenvalue weighted by Gasteiger charge is -2.08. The van der Waals surface area contributed by atoms with E-state index in [0.29, 0.717) is 17.7 Å². The van der Waals surface area contributed by atoms with Crippen LogP contribution in [0.15, 0.2) is 18.2 Å². The van der Waals surface area contributed by atoms with E-state index in [1.165, 1.54) is 13.2 Å². The molecule has 0 fully saturated rings. The summed E-state index contributed by atoms with van der Waals surface area (Å²) in [6.45, 7) is 1.05. The maximum absolute atomic E-state index is 11.9. The Bertz CT molecular complexity index is 416. The number of ketones is 1. The van der Waals surface area contributed by atoms with Crippen LogP contribution in [0.2, 0.25) is 0 Å². The van der Waals surface area contributed by atoms with Crippen LogP contribution in [0.1, 0.15) is 36.0 Å². The van der Waals surface area contributed by atoms with Crippen LogP contribution in [0.25, 0.3) is 0 Å². The van der Waals surface area contributed by atoms with Crippen LogP contribution in [0.5, 0.6) is 11.5 Å². The molecule has 0 bridgehead atoms. The van der Waals surface area contributed by atoms with Gasteiger partial charge in [0.25, 0.3) is 0 Å². The Kier molecular flexibility index (Phi) is 6.36. The molecule has 0 heterocycles. The molecule has 0 aliphatic carbocycles. The summed E-state index contributed by atoms with van der Waals surface area (Å²) in [7, 11) is 5.58. The van der Waals surface area contributed by atoms with Gasteiger partial charge < -0.3 is 14.7 Å². The number of aromatic hydroxyl groups is 1. The molecule has 0 saturated carbocycles. The van der Waals surface area contributed by atoms with Gasteiger partial charge in [-0.1, -0.05) is 6.42 Å². The van der Waals surface area contributed by atoms with E-state index in [2.05, 4.69) is 4.90 Å². The lowest BCUT2D eigenvalue weighted by Crippen LogP contribution is -2.12. The first-order chi connectivity index (χ1) is 9.04. The highest BCUT2D eigenvalue weighted by molar-refractivity contribution is 5.96. The Morgan fingerprint density at radius 3 is 2.58 bits per heavy atom. The summed E-state index contributed by atoms with van der Waals surface area (Å²) >= 11 is 0. The van der Waals surface area contributed by atoms with Crippen LogP contribution in [0, 0.1) is 0 Å². The average molecular weight is 265 g/mol. The van der Waals surface area contributed by atoms with Crippen molar-refractivity contribution in [2.75, 3.05) is 27.7 Å². The minimum Gasteiger partial charge on any atom is -0.504 e. The van der Waals surface area contributed by atoms with E-state index in [-0.39, 0.29) is 11.5 Å². The smallest absolute Gasteiger partial charge is 0.163 e. The number of unbranched alkanes of at least 4 members (excludes halogenated alkanes) is 2. The fourth-order valence-corrected chi connectivity index (χ4v) is 1.90. The number of methoxy groups -OCH3 is 1. The standard InChI is InChI=1S/C15H23NO3/c1-16(2)10-6-4-5-7-13(17)12-8-9-15(19-3)14(18)11-12/h8-9,11,18H,4-7,10H2,1-3H3. The maximum Gasteiger partial charge on any atom is 0.163 e. The number of benzene rings is 1. The molecule has 106 valence electrons. The van der Waals surface area contributed by atoms with Gasteiger partial charge in [-0.05, 0) is 51.7 Å². The van der Waals surface area contributed by atoms with Crippen molar-refractivity contribution in [3.63, 3.8) is 0 Å². The van der Waals surface area contributed by atoms with Gasteiger partial charge in [0.15, 0.2) is 17.3 Å². The third-order valence-corrected chi connectivity index (χ3v) is 3.01. The molecule has 0 radical (unpaired) electrons. The van der Waals surface area contributed by atoms with Crippen molar-refractivity contribution in [2.24, 2.45) is 0 Å². The Morgan fingerprint density at radius 2 is 2.00 bits per heavy atom. The molecule has 1 N–H and O–H groups in total. The predicted octanol–water partition coefficient (Wildman–Crippen LogP) is 2.71. The van der Waals surface area contributed by atoms with Gasteiger partial charge in [-0.25, -0.2) is 0 Å². The molecule has 0 aliphatic rings. The monoisotopic (exact) mass is 265 g/mol. The summed E-state index contributed by atoms with van der Waals surface area (Å²) in [4.78, 5) is 14.1. The highest BCUT2D eigenvalue weighted by Gasteiger charge is 2.09. The number of ether oxygens (including phenoxy) is 1. The fraction of sp³-hybridized carbons (Fsp3) is 0.533. The van der Waals surface area contributed by atoms with Crippen molar-refractivity contribution in [3.05, 3.63) is 23.8 Å². The molecule has 0 atom stereocenters. The number of carbonyl (C=O) groups is 1. The normalized spacial score (nSPS) is 10.7. The van der Waals surface area contributed by atoms with Crippen molar-refractivity contribution in [2.45, 2.75) is 25.7 Å². The van der Waals surface area contributed by atoms with Crippen LogP contribution >= 0.6 is 0 Å². The lowest BCUT2D eigenvalue weighted by atomic mass is 10.0. The van der Waals surface area contributed by atoms with Crippen LogP contribution in [-0.4, -0.2) is 43.5 Å². The van der Waals surface area contributed by atoms with Gasteiger partial charge in [-0.3, -0.25) is 4.79 Å². The van der Waals surface area contributed by atoms with Crippen molar-refractivity contribution in [1.82, 2.24) is 4.90 Å². The van der Waals surface area contributed by atoms with Crippen LogP contribution in [0.3, 0.4) is 0 Å². The Labute approximate surface area is 115 Å². The molecular weight excluding hydrogens is 242 g/mol. The lowest BCUT2D eigenvalue weighted by molar-refractivity contribution is 0.0978. The molecule has 0 saturated heterocycles. The quantitative estimate of drug-likeness (QED) is 0.580. The molecule has 0 spiro atoms. The first-order valence-corrected chi connectivity index (χ1v) is 6.59. The summed E-state index contributed by atoms with van der Waals surface area (Å²) in [5.41, 5.74) is 0.547. The Balaban J connectivity index is 2.39. The average Bonchev–Trinajstić information content (AvgIpc) is 2.37. The van der Waals surface area contributed by atoms with Crippen LogP contribution in [-0.2, 0) is 0 Å². The van der Waals surface area contributed by atoms with Gasteiger partial charge >= 0.3 is 0 Å². The molecule has 4 nitrogen and oxygen atoms in total. The van der Waals surface area contributed by atoms with E-state index < -0.39 is 0 Å². The van der Waals surface area contributed by atoms with Gasteiger partial charge in [0.2, 0.25) is 0 Å². The fourth-order valence-electron chi connectivity index (χ4n) is 1.90. The molecule has 1 rings (SSSR count). The molecule has 0 aromatic heterocycles. The number of phenolic OH excluding ortho intramolecular Hbond substituents is 1. The van der Waals surface area contributed by atoms with E-state index in [4.69, 9.17) is 4.74 Å². The first-order valence-electron chi connectivity index (χ1n) is 6.59. The number of phenols is 1. The van der Waals surface area contributed by atoms with Gasteiger partial charge in [-0.15, -0.1) is 0 Å². The topological polar surface area (TPSA) is 49.8 Å². The zero-order valence-corrected chi connectivity index (χ0v) is 12.0. The van der Waals surface area contributed by atoms with Crippen LogP contribution < -0.4 is 4.74 Å². The van der Waals surface area contributed by atoms with E-state index >= 15 is 0 Å². The number of Topliss-reactive ketones (excluding diaryl/α,β-unsaturated/α-hetero) is 1. The van der Waals surface area contributed by atoms with Gasteiger partial charge in [-0.2, -0.15) is 0 Å².